The first kappa shape index (κ1) is 70.0. The number of nitrogens with one attached hydrogen (secondary N) is 1. The van der Waals surface area contributed by atoms with Crippen LogP contribution in [0.4, 0.5) is 0 Å². The van der Waals surface area contributed by atoms with Gasteiger partial charge >= 0.3 is 23.9 Å². The quantitative estimate of drug-likeness (QED) is 0.0100. The number of ether oxygens (including phenoxy) is 4. The van der Waals surface area contributed by atoms with Crippen LogP contribution in [0.5, 0.6) is 0 Å². The van der Waals surface area contributed by atoms with Gasteiger partial charge in [0, 0.05) is 59.5 Å². The van der Waals surface area contributed by atoms with Crippen LogP contribution in [0.25, 0.3) is 54.5 Å². The minimum Gasteiger partial charge on any atom is -0.466 e. The van der Waals surface area contributed by atoms with Crippen LogP contribution in [0.2, 0.25) is 0 Å². The van der Waals surface area contributed by atoms with Crippen LogP contribution in [0.15, 0.2) is 197 Å². The van der Waals surface area contributed by atoms with E-state index in [0.717, 1.165) is 56.1 Å². The number of nitrogens with zero attached hydrogens (tertiary/aromatic N) is 17. The molecule has 0 amide bonds. The minimum absolute atomic E-state index is 0.0872. The van der Waals surface area contributed by atoms with Crippen LogP contribution in [0.3, 0.4) is 0 Å². The number of aryl methyl sites for hydroxylation is 8. The second kappa shape index (κ2) is 40.6. The summed E-state index contributed by atoms with van der Waals surface area (Å²) in [6.45, 7) is 10.6. The number of hydrogen-bond acceptors (Lipinski definition) is 16. The molecule has 0 aliphatic rings. The SMILES string of the molecule is CCOC(=O)/C(=C/c1ccnn1CCc1ccccc1)N=[N+]=[N-].CCOC(=O)/C(=C/c1ccnn1CCc1ccccc1)N=[N+]=[N-].CCOC(=O)CN=[N+]=[N-].CCOC(=O)c1cc2c(cnn2CCc2ccccc2)[nH]1.O=Cc1ccnn1CCc1ccccc1. The fourth-order valence-corrected chi connectivity index (χ4v) is 8.25. The molecule has 5 aromatic heterocycles. The maximum Gasteiger partial charge on any atom is 0.354 e. The molecule has 0 aliphatic heterocycles. The third kappa shape index (κ3) is 24.9. The highest BCUT2D eigenvalue weighted by Crippen LogP contribution is 2.18. The number of benzene rings is 4. The molecule has 0 fully saturated rings. The molecule has 5 heterocycles. The second-order valence-electron chi connectivity index (χ2n) is 18.6. The number of esters is 4. The summed E-state index contributed by atoms with van der Waals surface area (Å²) in [4.78, 5) is 67.0. The van der Waals surface area contributed by atoms with Crippen LogP contribution >= 0.6 is 0 Å². The summed E-state index contributed by atoms with van der Waals surface area (Å²) >= 11 is 0. The van der Waals surface area contributed by atoms with Gasteiger partial charge in [-0.25, -0.2) is 14.4 Å². The highest BCUT2D eigenvalue weighted by molar-refractivity contribution is 5.94. The van der Waals surface area contributed by atoms with Crippen molar-refractivity contribution in [2.45, 2.75) is 79.6 Å². The van der Waals surface area contributed by atoms with E-state index in [1.165, 1.54) is 34.4 Å². The van der Waals surface area contributed by atoms with E-state index in [-0.39, 0.29) is 37.1 Å². The van der Waals surface area contributed by atoms with E-state index >= 15 is 0 Å². The van der Waals surface area contributed by atoms with E-state index in [2.05, 4.69) is 84.5 Å². The summed E-state index contributed by atoms with van der Waals surface area (Å²) in [5.41, 5.74) is 33.9. The molecule has 9 rings (SSSR count). The fourth-order valence-electron chi connectivity index (χ4n) is 8.25. The summed E-state index contributed by atoms with van der Waals surface area (Å²) in [5.74, 6) is -2.12. The van der Waals surface area contributed by atoms with Gasteiger partial charge in [-0.15, -0.1) is 0 Å². The van der Waals surface area contributed by atoms with E-state index in [1.54, 1.807) is 90.8 Å². The monoisotopic (exact) mass is 1230 g/mol. The van der Waals surface area contributed by atoms with Gasteiger partial charge in [-0.05, 0) is 129 Å². The van der Waals surface area contributed by atoms with Gasteiger partial charge in [0.05, 0.1) is 55.0 Å². The lowest BCUT2D eigenvalue weighted by molar-refractivity contribution is -0.141. The van der Waals surface area contributed by atoms with E-state index in [4.69, 9.17) is 30.8 Å². The van der Waals surface area contributed by atoms with E-state index in [1.807, 2.05) is 102 Å². The number of fused-ring (bicyclic) bond motifs is 1. The Morgan fingerprint density at radius 3 is 1.25 bits per heavy atom. The summed E-state index contributed by atoms with van der Waals surface area (Å²) in [5, 5.41) is 26.7. The first-order valence-corrected chi connectivity index (χ1v) is 28.9. The normalized spacial score (nSPS) is 10.5. The Labute approximate surface area is 524 Å². The van der Waals surface area contributed by atoms with E-state index in [0.29, 0.717) is 49.1 Å². The maximum absolute atomic E-state index is 11.8. The lowest BCUT2D eigenvalue weighted by Gasteiger charge is -2.06. The number of aromatic amines is 1. The van der Waals surface area contributed by atoms with Crippen molar-refractivity contribution in [1.82, 2.24) is 44.1 Å². The number of carbonyl (C=O) groups excluding carboxylic acids is 5. The molecule has 0 atom stereocenters. The van der Waals surface area contributed by atoms with Crippen molar-refractivity contribution in [2.24, 2.45) is 15.3 Å². The number of carbonyl (C=O) groups is 5. The Hall–Kier alpha value is -11.8. The Morgan fingerprint density at radius 2 is 0.879 bits per heavy atom. The number of rotatable bonds is 26. The van der Waals surface area contributed by atoms with Crippen molar-refractivity contribution in [2.75, 3.05) is 33.0 Å². The zero-order valence-corrected chi connectivity index (χ0v) is 50.9. The molecule has 0 saturated carbocycles. The van der Waals surface area contributed by atoms with Crippen molar-refractivity contribution in [3.05, 3.63) is 258 Å². The van der Waals surface area contributed by atoms with Crippen molar-refractivity contribution in [3.63, 3.8) is 0 Å². The highest BCUT2D eigenvalue weighted by atomic mass is 16.5. The molecule has 0 spiro atoms. The molecule has 4 aromatic carbocycles. The molecule has 0 saturated heterocycles. The van der Waals surface area contributed by atoms with Crippen molar-refractivity contribution in [3.8, 4) is 0 Å². The Morgan fingerprint density at radius 1 is 0.495 bits per heavy atom. The zero-order chi connectivity index (χ0) is 65.3. The highest BCUT2D eigenvalue weighted by Gasteiger charge is 2.15. The lowest BCUT2D eigenvalue weighted by atomic mass is 10.1. The predicted molar refractivity (Wildman–Crippen MR) is 341 cm³/mol. The first-order chi connectivity index (χ1) is 44.5. The molecule has 0 bridgehead atoms. The van der Waals surface area contributed by atoms with Gasteiger partial charge < -0.3 is 23.9 Å². The van der Waals surface area contributed by atoms with Gasteiger partial charge in [0.2, 0.25) is 0 Å². The minimum atomic E-state index is -0.652. The van der Waals surface area contributed by atoms with Gasteiger partial charge in [0.25, 0.3) is 0 Å². The average molecular weight is 1240 g/mol. The van der Waals surface area contributed by atoms with Gasteiger partial charge in [-0.1, -0.05) is 137 Å². The molecule has 91 heavy (non-hydrogen) atoms. The third-order valence-electron chi connectivity index (χ3n) is 12.5. The second-order valence-corrected chi connectivity index (χ2v) is 18.6. The Kier molecular flexibility index (Phi) is 31.2. The maximum atomic E-state index is 11.8. The fraction of sp³-hybridized carbons (Fsp3) is 0.266. The smallest absolute Gasteiger partial charge is 0.354 e. The Bertz CT molecular complexity index is 3760. The topological polar surface area (TPSA) is 356 Å². The van der Waals surface area contributed by atoms with Crippen molar-refractivity contribution < 1.29 is 42.9 Å². The summed E-state index contributed by atoms with van der Waals surface area (Å²) < 4.78 is 26.3. The Balaban J connectivity index is 0.000000213. The standard InChI is InChI=1S/2C16H17N5O2.C16H17N3O2.C12H12N2O.C4H7N3O2/c2*1-2-23-16(22)15(19-20-17)12-14-8-10-18-21(14)11-9-13-6-4-3-5-7-13;1-2-21-16(20)13-10-15-14(18-13)11-17-19(15)9-8-12-6-4-3-5-7-12;15-10-12-6-8-13-14(12)9-7-11-4-2-1-3-5-11;1-2-9-4(8)3-6-7-5/h2*3-8,10,12H,2,9,11H2,1H3;3-7,10-11,18H,2,8-9H2,1H3;1-6,8,10H,7,9H2;2-3H2,1H3/b2*15-12-;;;. The van der Waals surface area contributed by atoms with Gasteiger partial charge in [-0.2, -0.15) is 20.4 Å². The number of H-pyrrole nitrogens is 1. The molecule has 9 aromatic rings. The van der Waals surface area contributed by atoms with Crippen molar-refractivity contribution >= 4 is 53.3 Å². The number of hydrogen-bond donors (Lipinski definition) is 1. The molecular weight excluding hydrogens is 1160 g/mol. The van der Waals surface area contributed by atoms with Crippen LogP contribution in [0.1, 0.15) is 82.3 Å². The summed E-state index contributed by atoms with van der Waals surface area (Å²) in [6.07, 6.45) is 13.9. The van der Waals surface area contributed by atoms with Gasteiger partial charge in [0.15, 0.2) is 6.29 Å². The van der Waals surface area contributed by atoms with Gasteiger partial charge in [0.1, 0.15) is 29.3 Å². The summed E-state index contributed by atoms with van der Waals surface area (Å²) in [6, 6.07) is 47.5. The van der Waals surface area contributed by atoms with Gasteiger partial charge in [-0.3, -0.25) is 28.3 Å². The molecule has 27 heteroatoms. The summed E-state index contributed by atoms with van der Waals surface area (Å²) in [7, 11) is 0. The number of azide groups is 3. The largest absolute Gasteiger partial charge is 0.466 e. The van der Waals surface area contributed by atoms with Crippen LogP contribution < -0.4 is 0 Å². The van der Waals surface area contributed by atoms with E-state index < -0.39 is 17.9 Å². The molecule has 0 unspecified atom stereocenters. The van der Waals surface area contributed by atoms with Crippen molar-refractivity contribution in [1.29, 1.82) is 0 Å². The average Bonchev–Trinajstić information content (AvgIpc) is 1.85. The predicted octanol–water partition coefficient (Wildman–Crippen LogP) is 12.3. The number of aldehydes is 1. The number of aromatic nitrogens is 9. The molecule has 0 radical (unpaired) electrons. The van der Waals surface area contributed by atoms with Crippen LogP contribution in [-0.2, 0) is 85.2 Å². The van der Waals surface area contributed by atoms with Crippen LogP contribution in [0, 0.1) is 0 Å². The molecule has 0 aliphatic carbocycles. The first-order valence-electron chi connectivity index (χ1n) is 28.9. The van der Waals surface area contributed by atoms with Crippen LogP contribution in [-0.4, -0.2) is 107 Å². The van der Waals surface area contributed by atoms with E-state index in [9.17, 15) is 24.0 Å². The zero-order valence-electron chi connectivity index (χ0n) is 50.9. The third-order valence-corrected chi connectivity index (χ3v) is 12.5. The molecule has 470 valence electrons. The lowest BCUT2D eigenvalue weighted by Crippen LogP contribution is -2.08. The molecular formula is C64H70N18O9. The molecule has 1 N–H and O–H groups in total. The molecule has 27 nitrogen and oxygen atoms in total.